The van der Waals surface area contributed by atoms with Crippen LogP contribution in [0.2, 0.25) is 0 Å². The number of benzene rings is 1. The van der Waals surface area contributed by atoms with Crippen molar-refractivity contribution in [3.8, 4) is 11.3 Å². The number of anilines is 1. The Morgan fingerprint density at radius 1 is 1.14 bits per heavy atom. The number of thiazole rings is 1. The van der Waals surface area contributed by atoms with Gasteiger partial charge in [0.05, 0.1) is 11.3 Å². The van der Waals surface area contributed by atoms with Crippen LogP contribution >= 0.6 is 11.3 Å². The van der Waals surface area contributed by atoms with E-state index >= 15 is 0 Å². The average Bonchev–Trinajstić information content (AvgIpc) is 2.97. The summed E-state index contributed by atoms with van der Waals surface area (Å²) in [5, 5.41) is 13.1. The summed E-state index contributed by atoms with van der Waals surface area (Å²) in [4.78, 5) is 9.45. The van der Waals surface area contributed by atoms with Gasteiger partial charge in [-0.05, 0) is 13.8 Å². The molecule has 0 aliphatic carbocycles. The summed E-state index contributed by atoms with van der Waals surface area (Å²) in [6.07, 6.45) is 0. The van der Waals surface area contributed by atoms with E-state index in [1.807, 2.05) is 32.0 Å². The lowest BCUT2D eigenvalue weighted by Gasteiger charge is -2.37. The summed E-state index contributed by atoms with van der Waals surface area (Å²) in [5.74, 6) is 0. The molecule has 1 aromatic heterocycles. The highest BCUT2D eigenvalue weighted by molar-refractivity contribution is 7.14. The van der Waals surface area contributed by atoms with Crippen molar-refractivity contribution < 1.29 is 5.11 Å². The van der Waals surface area contributed by atoms with E-state index in [-0.39, 0.29) is 0 Å². The molecule has 1 fully saturated rings. The first kappa shape index (κ1) is 15.5. The quantitative estimate of drug-likeness (QED) is 0.941. The molecule has 3 rings (SSSR count). The van der Waals surface area contributed by atoms with Gasteiger partial charge < -0.3 is 10.0 Å². The summed E-state index contributed by atoms with van der Waals surface area (Å²) in [5.41, 5.74) is 1.61. The van der Waals surface area contributed by atoms with Gasteiger partial charge in [0, 0.05) is 43.7 Å². The summed E-state index contributed by atoms with van der Waals surface area (Å²) in [6, 6.07) is 10.3. The zero-order chi connectivity index (χ0) is 15.6. The molecule has 1 aromatic carbocycles. The van der Waals surface area contributed by atoms with Gasteiger partial charge in [0.25, 0.3) is 0 Å². The van der Waals surface area contributed by atoms with Crippen LogP contribution in [-0.2, 0) is 0 Å². The minimum atomic E-state index is -0.621. The Kier molecular flexibility index (Phi) is 4.47. The first-order chi connectivity index (χ1) is 10.5. The SMILES string of the molecule is CC(C)(O)CN1CCN(c2nc(-c3ccccc3)cs2)CC1. The fraction of sp³-hybridized carbons (Fsp3) is 0.471. The van der Waals surface area contributed by atoms with Crippen molar-refractivity contribution in [2.75, 3.05) is 37.6 Å². The van der Waals surface area contributed by atoms with E-state index in [9.17, 15) is 5.11 Å². The molecule has 2 aromatic rings. The molecule has 2 heterocycles. The molecule has 1 aliphatic rings. The highest BCUT2D eigenvalue weighted by atomic mass is 32.1. The maximum atomic E-state index is 9.92. The fourth-order valence-corrected chi connectivity index (χ4v) is 3.68. The lowest BCUT2D eigenvalue weighted by Crippen LogP contribution is -2.50. The zero-order valence-electron chi connectivity index (χ0n) is 13.2. The van der Waals surface area contributed by atoms with Gasteiger partial charge in [-0.15, -0.1) is 11.3 Å². The van der Waals surface area contributed by atoms with Crippen LogP contribution in [0.1, 0.15) is 13.8 Å². The van der Waals surface area contributed by atoms with E-state index in [1.165, 1.54) is 5.56 Å². The van der Waals surface area contributed by atoms with E-state index in [2.05, 4.69) is 27.3 Å². The molecular weight excluding hydrogens is 294 g/mol. The number of rotatable bonds is 4. The Morgan fingerprint density at radius 3 is 2.45 bits per heavy atom. The second-order valence-corrected chi connectivity index (χ2v) is 7.29. The van der Waals surface area contributed by atoms with Gasteiger partial charge in [-0.25, -0.2) is 4.98 Å². The molecular formula is C17H23N3OS. The molecule has 118 valence electrons. The predicted octanol–water partition coefficient (Wildman–Crippen LogP) is 2.70. The summed E-state index contributed by atoms with van der Waals surface area (Å²) in [7, 11) is 0. The third-order valence-electron chi connectivity index (χ3n) is 3.81. The summed E-state index contributed by atoms with van der Waals surface area (Å²) in [6.45, 7) is 8.36. The third kappa shape index (κ3) is 3.85. The van der Waals surface area contributed by atoms with Crippen LogP contribution in [-0.4, -0.2) is 53.3 Å². The fourth-order valence-electron chi connectivity index (χ4n) is 2.80. The van der Waals surface area contributed by atoms with Crippen molar-refractivity contribution in [3.05, 3.63) is 35.7 Å². The van der Waals surface area contributed by atoms with E-state index in [0.29, 0.717) is 0 Å². The van der Waals surface area contributed by atoms with Crippen LogP contribution in [0.15, 0.2) is 35.7 Å². The molecule has 0 unspecified atom stereocenters. The minimum absolute atomic E-state index is 0.621. The molecule has 4 nitrogen and oxygen atoms in total. The van der Waals surface area contributed by atoms with Crippen molar-refractivity contribution in [2.45, 2.75) is 19.4 Å². The maximum absolute atomic E-state index is 9.92. The standard InChI is InChI=1S/C17H23N3OS/c1-17(2,21)13-19-8-10-20(11-9-19)16-18-15(12-22-16)14-6-4-3-5-7-14/h3-7,12,21H,8-11,13H2,1-2H3. The molecule has 5 heteroatoms. The minimum Gasteiger partial charge on any atom is -0.389 e. The van der Waals surface area contributed by atoms with Gasteiger partial charge in [0.15, 0.2) is 5.13 Å². The second kappa shape index (κ2) is 6.36. The smallest absolute Gasteiger partial charge is 0.185 e. The van der Waals surface area contributed by atoms with Gasteiger partial charge in [-0.1, -0.05) is 30.3 Å². The topological polar surface area (TPSA) is 39.6 Å². The van der Waals surface area contributed by atoms with Crippen LogP contribution in [0.3, 0.4) is 0 Å². The third-order valence-corrected chi connectivity index (χ3v) is 4.72. The monoisotopic (exact) mass is 317 g/mol. The first-order valence-corrected chi connectivity index (χ1v) is 8.60. The van der Waals surface area contributed by atoms with E-state index < -0.39 is 5.60 Å². The van der Waals surface area contributed by atoms with Crippen molar-refractivity contribution in [2.24, 2.45) is 0 Å². The highest BCUT2D eigenvalue weighted by Gasteiger charge is 2.24. The predicted molar refractivity (Wildman–Crippen MR) is 92.5 cm³/mol. The zero-order valence-corrected chi connectivity index (χ0v) is 14.0. The van der Waals surface area contributed by atoms with Crippen LogP contribution in [0.5, 0.6) is 0 Å². The van der Waals surface area contributed by atoms with Gasteiger partial charge in [-0.2, -0.15) is 0 Å². The van der Waals surface area contributed by atoms with Gasteiger partial charge in [0.2, 0.25) is 0 Å². The molecule has 1 saturated heterocycles. The molecule has 0 bridgehead atoms. The molecule has 0 amide bonds. The van der Waals surface area contributed by atoms with E-state index in [4.69, 9.17) is 4.98 Å². The number of β-amino-alcohol motifs (C(OH)–C–C–N with tert-alkyl or cyclic N) is 1. The normalized spacial score (nSPS) is 17.0. The Morgan fingerprint density at radius 2 is 1.82 bits per heavy atom. The molecule has 0 atom stereocenters. The summed E-state index contributed by atoms with van der Waals surface area (Å²) < 4.78 is 0. The maximum Gasteiger partial charge on any atom is 0.185 e. The Labute approximate surface area is 136 Å². The van der Waals surface area contributed by atoms with Gasteiger partial charge in [-0.3, -0.25) is 4.90 Å². The van der Waals surface area contributed by atoms with Crippen LogP contribution < -0.4 is 4.90 Å². The second-order valence-electron chi connectivity index (χ2n) is 6.46. The average molecular weight is 317 g/mol. The van der Waals surface area contributed by atoms with Gasteiger partial charge >= 0.3 is 0 Å². The van der Waals surface area contributed by atoms with Crippen molar-refractivity contribution >= 4 is 16.5 Å². The molecule has 1 aliphatic heterocycles. The number of hydrogen-bond acceptors (Lipinski definition) is 5. The number of piperazine rings is 1. The first-order valence-electron chi connectivity index (χ1n) is 7.72. The van der Waals surface area contributed by atoms with Crippen LogP contribution in [0, 0.1) is 0 Å². The lowest BCUT2D eigenvalue weighted by molar-refractivity contribution is 0.0345. The molecule has 0 spiro atoms. The summed E-state index contributed by atoms with van der Waals surface area (Å²) >= 11 is 1.71. The Balaban J connectivity index is 1.62. The van der Waals surface area contributed by atoms with E-state index in [0.717, 1.165) is 43.5 Å². The van der Waals surface area contributed by atoms with Gasteiger partial charge in [0.1, 0.15) is 0 Å². The number of aromatic nitrogens is 1. The Hall–Kier alpha value is -1.43. The van der Waals surface area contributed by atoms with Crippen LogP contribution in [0.4, 0.5) is 5.13 Å². The molecule has 22 heavy (non-hydrogen) atoms. The van der Waals surface area contributed by atoms with Crippen LogP contribution in [0.25, 0.3) is 11.3 Å². The number of hydrogen-bond donors (Lipinski definition) is 1. The van der Waals surface area contributed by atoms with Crippen molar-refractivity contribution in [1.29, 1.82) is 0 Å². The van der Waals surface area contributed by atoms with Crippen molar-refractivity contribution in [1.82, 2.24) is 9.88 Å². The lowest BCUT2D eigenvalue weighted by atomic mass is 10.1. The number of nitrogens with zero attached hydrogens (tertiary/aromatic N) is 3. The Bertz CT molecular complexity index is 598. The number of aliphatic hydroxyl groups is 1. The largest absolute Gasteiger partial charge is 0.389 e. The molecule has 1 N–H and O–H groups in total. The van der Waals surface area contributed by atoms with Crippen molar-refractivity contribution in [3.63, 3.8) is 0 Å². The highest BCUT2D eigenvalue weighted by Crippen LogP contribution is 2.28. The molecule has 0 saturated carbocycles. The van der Waals surface area contributed by atoms with E-state index in [1.54, 1.807) is 11.3 Å². The molecule has 0 radical (unpaired) electrons.